The Morgan fingerprint density at radius 2 is 1.70 bits per heavy atom. The first kappa shape index (κ1) is 29.2. The first-order chi connectivity index (χ1) is 15.6. The molecule has 186 valence electrons. The van der Waals surface area contributed by atoms with E-state index < -0.39 is 5.41 Å². The van der Waals surface area contributed by atoms with Gasteiger partial charge in [-0.05, 0) is 74.3 Å². The molecule has 5 heteroatoms. The number of hydrogen-bond acceptors (Lipinski definition) is 5. The fourth-order valence-electron chi connectivity index (χ4n) is 4.67. The highest BCUT2D eigenvalue weighted by Crippen LogP contribution is 2.40. The van der Waals surface area contributed by atoms with Gasteiger partial charge in [-0.15, -0.1) is 11.8 Å². The van der Waals surface area contributed by atoms with Gasteiger partial charge in [0.25, 0.3) is 0 Å². The number of allylic oxidation sites excluding steroid dienone is 1. The molecule has 0 amide bonds. The minimum absolute atomic E-state index is 0.0309. The molecule has 0 aromatic heterocycles. The summed E-state index contributed by atoms with van der Waals surface area (Å²) in [7, 11) is 8.72. The van der Waals surface area contributed by atoms with Gasteiger partial charge < -0.3 is 14.7 Å². The van der Waals surface area contributed by atoms with Crippen LogP contribution in [0.25, 0.3) is 0 Å². The van der Waals surface area contributed by atoms with Crippen LogP contribution in [0.2, 0.25) is 0 Å². The van der Waals surface area contributed by atoms with Crippen LogP contribution >= 0.6 is 0 Å². The average Bonchev–Trinajstić information content (AvgIpc) is 2.79. The minimum Gasteiger partial charge on any atom is -0.372 e. The first-order valence-corrected chi connectivity index (χ1v) is 12.6. The van der Waals surface area contributed by atoms with Crippen molar-refractivity contribution in [2.45, 2.75) is 67.1 Å². The van der Waals surface area contributed by atoms with E-state index in [0.29, 0.717) is 6.04 Å². The second-order valence-corrected chi connectivity index (χ2v) is 9.54. The van der Waals surface area contributed by atoms with Crippen molar-refractivity contribution in [2.75, 3.05) is 60.9 Å². The SMILES string of the molecule is CC.CC#CC(C)C1=C(N(C)C(C)CCN(C)C)C(N2CCN(C)CC2)N=CC1(C)C#CC. The standard InChI is InChI=1S/C26H43N5.C2H6/c1-10-12-21(3)23-24(30(9)22(4)13-15-28(6)7)25(27-20-26(23,5)14-11-2)31-18-16-29(8)17-19-31;1-2/h20-22,25H,13,15-19H2,1-9H3;1-2H3. The van der Waals surface area contributed by atoms with Crippen molar-refractivity contribution in [3.63, 3.8) is 0 Å². The lowest BCUT2D eigenvalue weighted by molar-refractivity contribution is 0.106. The average molecular weight is 456 g/mol. The summed E-state index contributed by atoms with van der Waals surface area (Å²) in [5.74, 6) is 13.3. The Kier molecular flexibility index (Phi) is 12.2. The molecule has 0 bridgehead atoms. The van der Waals surface area contributed by atoms with E-state index in [2.05, 4.69) is 98.5 Å². The lowest BCUT2D eigenvalue weighted by Crippen LogP contribution is -2.53. The van der Waals surface area contributed by atoms with Crippen molar-refractivity contribution in [3.05, 3.63) is 11.3 Å². The number of hydrogen-bond donors (Lipinski definition) is 0. The molecule has 4 unspecified atom stereocenters. The van der Waals surface area contributed by atoms with Crippen molar-refractivity contribution in [2.24, 2.45) is 16.3 Å². The van der Waals surface area contributed by atoms with Crippen LogP contribution in [0.3, 0.4) is 0 Å². The first-order valence-electron chi connectivity index (χ1n) is 12.6. The van der Waals surface area contributed by atoms with Crippen LogP contribution in [0.15, 0.2) is 16.3 Å². The predicted molar refractivity (Wildman–Crippen MR) is 144 cm³/mol. The largest absolute Gasteiger partial charge is 0.372 e. The van der Waals surface area contributed by atoms with Crippen molar-refractivity contribution < 1.29 is 0 Å². The van der Waals surface area contributed by atoms with Crippen molar-refractivity contribution in [1.82, 2.24) is 19.6 Å². The number of nitrogens with zero attached hydrogens (tertiary/aromatic N) is 5. The van der Waals surface area contributed by atoms with Crippen molar-refractivity contribution in [1.29, 1.82) is 0 Å². The van der Waals surface area contributed by atoms with Gasteiger partial charge in [0.1, 0.15) is 6.17 Å². The molecule has 2 rings (SSSR count). The highest BCUT2D eigenvalue weighted by atomic mass is 15.3. The smallest absolute Gasteiger partial charge is 0.142 e. The third-order valence-corrected chi connectivity index (χ3v) is 6.65. The van der Waals surface area contributed by atoms with Crippen LogP contribution in [0.1, 0.15) is 54.9 Å². The lowest BCUT2D eigenvalue weighted by Gasteiger charge is -2.46. The Labute approximate surface area is 205 Å². The van der Waals surface area contributed by atoms with E-state index in [1.807, 2.05) is 27.7 Å². The molecule has 0 saturated carbocycles. The quantitative estimate of drug-likeness (QED) is 0.544. The maximum atomic E-state index is 5.14. The highest BCUT2D eigenvalue weighted by molar-refractivity contribution is 5.78. The third-order valence-electron chi connectivity index (χ3n) is 6.65. The van der Waals surface area contributed by atoms with Gasteiger partial charge in [0.2, 0.25) is 0 Å². The minimum atomic E-state index is -0.397. The Bertz CT molecular complexity index is 783. The molecule has 0 radical (unpaired) electrons. The zero-order valence-corrected chi connectivity index (χ0v) is 23.3. The Morgan fingerprint density at radius 3 is 2.21 bits per heavy atom. The van der Waals surface area contributed by atoms with Gasteiger partial charge in [-0.25, -0.2) is 0 Å². The zero-order chi connectivity index (χ0) is 25.2. The molecule has 4 atom stereocenters. The lowest BCUT2D eigenvalue weighted by atomic mass is 9.74. The van der Waals surface area contributed by atoms with Gasteiger partial charge in [-0.1, -0.05) is 25.7 Å². The van der Waals surface area contributed by atoms with Gasteiger partial charge in [0.15, 0.2) is 0 Å². The van der Waals surface area contributed by atoms with E-state index in [0.717, 1.165) is 39.1 Å². The molecule has 33 heavy (non-hydrogen) atoms. The number of aliphatic imine (C=N–C) groups is 1. The Balaban J connectivity index is 0.00000265. The molecule has 0 aromatic carbocycles. The number of likely N-dealkylation sites (N-methyl/N-ethyl adjacent to an activating group) is 2. The third kappa shape index (κ3) is 7.61. The molecule has 0 spiro atoms. The Morgan fingerprint density at radius 1 is 1.09 bits per heavy atom. The summed E-state index contributed by atoms with van der Waals surface area (Å²) in [6.45, 7) is 19.9. The molecule has 0 N–H and O–H groups in total. The van der Waals surface area contributed by atoms with Crippen molar-refractivity contribution in [3.8, 4) is 23.7 Å². The molecular weight excluding hydrogens is 406 g/mol. The van der Waals surface area contributed by atoms with Gasteiger partial charge in [-0.2, -0.15) is 0 Å². The number of piperazine rings is 1. The van der Waals surface area contributed by atoms with Gasteiger partial charge in [0, 0.05) is 51.4 Å². The zero-order valence-electron chi connectivity index (χ0n) is 23.3. The van der Waals surface area contributed by atoms with Crippen LogP contribution in [0, 0.1) is 35.0 Å². The number of rotatable bonds is 7. The summed E-state index contributed by atoms with van der Waals surface area (Å²) in [6, 6.07) is 0.399. The molecule has 1 fully saturated rings. The normalized spacial score (nSPS) is 25.3. The van der Waals surface area contributed by atoms with Crippen LogP contribution in [-0.4, -0.2) is 98.9 Å². The molecule has 0 aromatic rings. The molecule has 1 saturated heterocycles. The monoisotopic (exact) mass is 455 g/mol. The second-order valence-electron chi connectivity index (χ2n) is 9.54. The predicted octanol–water partition coefficient (Wildman–Crippen LogP) is 3.89. The summed E-state index contributed by atoms with van der Waals surface area (Å²) in [5.41, 5.74) is 2.22. The molecule has 2 aliphatic heterocycles. The van der Waals surface area contributed by atoms with E-state index in [1.165, 1.54) is 11.3 Å². The summed E-state index contributed by atoms with van der Waals surface area (Å²) < 4.78 is 0. The van der Waals surface area contributed by atoms with Crippen LogP contribution in [-0.2, 0) is 0 Å². The Hall–Kier alpha value is -1.79. The van der Waals surface area contributed by atoms with Gasteiger partial charge in [0.05, 0.1) is 11.1 Å². The molecule has 2 aliphatic rings. The molecule has 0 aliphatic carbocycles. The van der Waals surface area contributed by atoms with E-state index in [-0.39, 0.29) is 12.1 Å². The summed E-state index contributed by atoms with van der Waals surface area (Å²) >= 11 is 0. The second kappa shape index (κ2) is 13.8. The van der Waals surface area contributed by atoms with Crippen LogP contribution < -0.4 is 0 Å². The van der Waals surface area contributed by atoms with E-state index in [4.69, 9.17) is 4.99 Å². The highest BCUT2D eigenvalue weighted by Gasteiger charge is 2.41. The fraction of sp³-hybridized carbons (Fsp3) is 0.750. The maximum absolute atomic E-state index is 5.14. The van der Waals surface area contributed by atoms with Gasteiger partial charge >= 0.3 is 0 Å². The van der Waals surface area contributed by atoms with Crippen molar-refractivity contribution >= 4 is 6.21 Å². The maximum Gasteiger partial charge on any atom is 0.142 e. The fourth-order valence-corrected chi connectivity index (χ4v) is 4.67. The van der Waals surface area contributed by atoms with E-state index in [9.17, 15) is 0 Å². The summed E-state index contributed by atoms with van der Waals surface area (Å²) in [5, 5.41) is 0. The van der Waals surface area contributed by atoms with Crippen LogP contribution in [0.5, 0.6) is 0 Å². The van der Waals surface area contributed by atoms with Gasteiger partial charge in [-0.3, -0.25) is 9.89 Å². The number of dihydropyridines is 1. The molecular formula is C28H49N5. The summed E-state index contributed by atoms with van der Waals surface area (Å²) in [6.07, 6.45) is 3.23. The van der Waals surface area contributed by atoms with E-state index >= 15 is 0 Å². The van der Waals surface area contributed by atoms with Crippen LogP contribution in [0.4, 0.5) is 0 Å². The molecule has 5 nitrogen and oxygen atoms in total. The topological polar surface area (TPSA) is 25.3 Å². The van der Waals surface area contributed by atoms with E-state index in [1.54, 1.807) is 0 Å². The molecule has 2 heterocycles. The summed E-state index contributed by atoms with van der Waals surface area (Å²) in [4.78, 5) is 14.8.